The molecule has 2 rings (SSSR count). The molecule has 0 radical (unpaired) electrons. The summed E-state index contributed by atoms with van der Waals surface area (Å²) < 4.78 is 6.98. The number of ether oxygens (including phenoxy) is 1. The third-order valence-electron chi connectivity index (χ3n) is 3.91. The fraction of sp³-hybridized carbons (Fsp3) is 0.714. The summed E-state index contributed by atoms with van der Waals surface area (Å²) in [5.41, 5.74) is 5.91. The molecule has 1 aliphatic rings. The van der Waals surface area contributed by atoms with E-state index in [4.69, 9.17) is 10.5 Å². The van der Waals surface area contributed by atoms with Crippen LogP contribution < -0.4 is 10.5 Å². The van der Waals surface area contributed by atoms with Crippen molar-refractivity contribution < 1.29 is 9.53 Å². The van der Waals surface area contributed by atoms with E-state index in [1.54, 1.807) is 18.0 Å². The molecule has 0 aliphatic heterocycles. The summed E-state index contributed by atoms with van der Waals surface area (Å²) in [6.45, 7) is 3.25. The molecule has 0 bridgehead atoms. The Labute approximate surface area is 119 Å². The van der Waals surface area contributed by atoms with Gasteiger partial charge in [0.05, 0.1) is 25.4 Å². The highest BCUT2D eigenvalue weighted by Crippen LogP contribution is 2.40. The topological polar surface area (TPSA) is 73.4 Å². The molecular formula is C14H24N4O2. The lowest BCUT2D eigenvalue weighted by molar-refractivity contribution is 0.0867. The van der Waals surface area contributed by atoms with Crippen molar-refractivity contribution in [3.8, 4) is 5.75 Å². The van der Waals surface area contributed by atoms with E-state index in [1.807, 2.05) is 25.9 Å². The summed E-state index contributed by atoms with van der Waals surface area (Å²) in [6, 6.07) is 0. The minimum atomic E-state index is -0.830. The summed E-state index contributed by atoms with van der Waals surface area (Å²) in [6.07, 6.45) is 3.63. The first-order chi connectivity index (χ1) is 9.37. The van der Waals surface area contributed by atoms with Gasteiger partial charge in [-0.1, -0.05) is 0 Å². The van der Waals surface area contributed by atoms with Gasteiger partial charge in [0.2, 0.25) is 5.78 Å². The number of carbonyl (C=O) groups excluding carboxylic acids is 1. The summed E-state index contributed by atoms with van der Waals surface area (Å²) in [7, 11) is 5.52. The van der Waals surface area contributed by atoms with E-state index in [1.165, 1.54) is 0 Å². The predicted molar refractivity (Wildman–Crippen MR) is 77.0 cm³/mol. The molecular weight excluding hydrogens is 256 g/mol. The summed E-state index contributed by atoms with van der Waals surface area (Å²) in [4.78, 5) is 14.8. The van der Waals surface area contributed by atoms with Gasteiger partial charge in [-0.05, 0) is 39.8 Å². The Balaban J connectivity index is 2.28. The monoisotopic (exact) mass is 280 g/mol. The molecule has 1 aromatic rings. The highest BCUT2D eigenvalue weighted by molar-refractivity contribution is 6.04. The SMILES string of the molecule is COc1cnn(CCN(C)C)c1C(=O)C(C)(N)C1CC1. The molecule has 6 heteroatoms. The van der Waals surface area contributed by atoms with Crippen LogP contribution in [0, 0.1) is 5.92 Å². The van der Waals surface area contributed by atoms with E-state index in [0.717, 1.165) is 19.4 Å². The van der Waals surface area contributed by atoms with Crippen LogP contribution in [-0.2, 0) is 6.54 Å². The van der Waals surface area contributed by atoms with Crippen molar-refractivity contribution in [2.75, 3.05) is 27.7 Å². The largest absolute Gasteiger partial charge is 0.493 e. The van der Waals surface area contributed by atoms with Crippen LogP contribution in [0.25, 0.3) is 0 Å². The number of likely N-dealkylation sites (N-methyl/N-ethyl adjacent to an activating group) is 1. The third kappa shape index (κ3) is 2.86. The smallest absolute Gasteiger partial charge is 0.204 e. The number of methoxy groups -OCH3 is 1. The van der Waals surface area contributed by atoms with Gasteiger partial charge in [0.1, 0.15) is 5.69 Å². The van der Waals surface area contributed by atoms with Crippen LogP contribution in [0.1, 0.15) is 30.3 Å². The number of rotatable bonds is 7. The molecule has 2 N–H and O–H groups in total. The average Bonchev–Trinajstić information content (AvgIpc) is 3.17. The van der Waals surface area contributed by atoms with Gasteiger partial charge in [0.15, 0.2) is 5.75 Å². The van der Waals surface area contributed by atoms with Crippen molar-refractivity contribution in [3.63, 3.8) is 0 Å². The molecule has 20 heavy (non-hydrogen) atoms. The molecule has 0 amide bonds. The Morgan fingerprint density at radius 2 is 2.25 bits per heavy atom. The zero-order chi connectivity index (χ0) is 14.9. The van der Waals surface area contributed by atoms with Gasteiger partial charge in [-0.25, -0.2) is 0 Å². The number of hydrogen-bond acceptors (Lipinski definition) is 5. The van der Waals surface area contributed by atoms with Crippen molar-refractivity contribution in [3.05, 3.63) is 11.9 Å². The normalized spacial score (nSPS) is 18.1. The molecule has 6 nitrogen and oxygen atoms in total. The van der Waals surface area contributed by atoms with E-state index >= 15 is 0 Å². The van der Waals surface area contributed by atoms with E-state index in [-0.39, 0.29) is 11.7 Å². The summed E-state index contributed by atoms with van der Waals surface area (Å²) in [5, 5.41) is 4.26. The molecule has 1 atom stereocenters. The van der Waals surface area contributed by atoms with Crippen molar-refractivity contribution in [2.24, 2.45) is 11.7 Å². The van der Waals surface area contributed by atoms with Crippen molar-refractivity contribution >= 4 is 5.78 Å². The van der Waals surface area contributed by atoms with Crippen LogP contribution >= 0.6 is 0 Å². The molecule has 0 aromatic carbocycles. The second kappa shape index (κ2) is 5.54. The maximum Gasteiger partial charge on any atom is 0.204 e. The van der Waals surface area contributed by atoms with Crippen LogP contribution in [0.4, 0.5) is 0 Å². The minimum Gasteiger partial charge on any atom is -0.493 e. The van der Waals surface area contributed by atoms with Gasteiger partial charge in [-0.2, -0.15) is 5.10 Å². The molecule has 1 aliphatic carbocycles. The van der Waals surface area contributed by atoms with Gasteiger partial charge >= 0.3 is 0 Å². The van der Waals surface area contributed by atoms with Crippen LogP contribution in [0.2, 0.25) is 0 Å². The highest BCUT2D eigenvalue weighted by atomic mass is 16.5. The Bertz CT molecular complexity index is 489. The van der Waals surface area contributed by atoms with Gasteiger partial charge < -0.3 is 15.4 Å². The van der Waals surface area contributed by atoms with Crippen LogP contribution in [0.3, 0.4) is 0 Å². The zero-order valence-electron chi connectivity index (χ0n) is 12.7. The van der Waals surface area contributed by atoms with Gasteiger partial charge in [-0.3, -0.25) is 9.48 Å². The molecule has 0 spiro atoms. The number of carbonyl (C=O) groups is 1. The Hall–Kier alpha value is -1.40. The molecule has 1 saturated carbocycles. The lowest BCUT2D eigenvalue weighted by Crippen LogP contribution is -2.48. The molecule has 0 saturated heterocycles. The lowest BCUT2D eigenvalue weighted by Gasteiger charge is -2.23. The quantitative estimate of drug-likeness (QED) is 0.747. The highest BCUT2D eigenvalue weighted by Gasteiger charge is 2.46. The second-order valence-corrected chi connectivity index (χ2v) is 5.97. The Morgan fingerprint density at radius 1 is 1.60 bits per heavy atom. The fourth-order valence-corrected chi connectivity index (χ4v) is 2.33. The summed E-state index contributed by atoms with van der Waals surface area (Å²) in [5.74, 6) is 0.705. The van der Waals surface area contributed by atoms with Gasteiger partial charge in [0.25, 0.3) is 0 Å². The number of hydrogen-bond donors (Lipinski definition) is 1. The second-order valence-electron chi connectivity index (χ2n) is 5.97. The molecule has 1 aromatic heterocycles. The molecule has 1 unspecified atom stereocenters. The van der Waals surface area contributed by atoms with Crippen LogP contribution in [0.15, 0.2) is 6.20 Å². The van der Waals surface area contributed by atoms with Gasteiger partial charge in [-0.15, -0.1) is 0 Å². The number of aromatic nitrogens is 2. The standard InChI is InChI=1S/C14H24N4O2/c1-14(15,10-5-6-10)13(19)12-11(20-4)9-16-18(12)8-7-17(2)3/h9-10H,5-8,15H2,1-4H3. The third-order valence-corrected chi connectivity index (χ3v) is 3.91. The van der Waals surface area contributed by atoms with E-state index in [0.29, 0.717) is 18.0 Å². The van der Waals surface area contributed by atoms with E-state index < -0.39 is 5.54 Å². The summed E-state index contributed by atoms with van der Waals surface area (Å²) >= 11 is 0. The lowest BCUT2D eigenvalue weighted by atomic mass is 9.89. The number of nitrogens with two attached hydrogens (primary N) is 1. The fourth-order valence-electron chi connectivity index (χ4n) is 2.33. The van der Waals surface area contributed by atoms with Crippen molar-refractivity contribution in [1.29, 1.82) is 0 Å². The molecule has 112 valence electrons. The maximum absolute atomic E-state index is 12.8. The first kappa shape index (κ1) is 15.0. The Kier molecular flexibility index (Phi) is 4.15. The van der Waals surface area contributed by atoms with Crippen LogP contribution in [-0.4, -0.2) is 53.8 Å². The maximum atomic E-state index is 12.8. The van der Waals surface area contributed by atoms with Crippen molar-refractivity contribution in [1.82, 2.24) is 14.7 Å². The van der Waals surface area contributed by atoms with Crippen molar-refractivity contribution in [2.45, 2.75) is 31.8 Å². The molecule has 1 heterocycles. The van der Waals surface area contributed by atoms with E-state index in [9.17, 15) is 4.79 Å². The minimum absolute atomic E-state index is 0.0758. The number of nitrogens with zero attached hydrogens (tertiary/aromatic N) is 3. The zero-order valence-corrected chi connectivity index (χ0v) is 12.7. The number of ketones is 1. The van der Waals surface area contributed by atoms with Gasteiger partial charge in [0, 0.05) is 6.54 Å². The first-order valence-corrected chi connectivity index (χ1v) is 6.96. The average molecular weight is 280 g/mol. The number of Topliss-reactive ketones (excluding diaryl/α,β-unsaturated/α-hetero) is 1. The predicted octanol–water partition coefficient (Wildman–Crippen LogP) is 0.763. The molecule has 1 fully saturated rings. The first-order valence-electron chi connectivity index (χ1n) is 6.96. The van der Waals surface area contributed by atoms with Crippen LogP contribution in [0.5, 0.6) is 5.75 Å². The Morgan fingerprint density at radius 3 is 2.75 bits per heavy atom. The van der Waals surface area contributed by atoms with E-state index in [2.05, 4.69) is 5.10 Å².